The van der Waals surface area contributed by atoms with Gasteiger partial charge in [0.2, 0.25) is 0 Å². The van der Waals surface area contributed by atoms with Crippen LogP contribution in [0.25, 0.3) is 4.96 Å². The van der Waals surface area contributed by atoms with Crippen LogP contribution < -0.4 is 0 Å². The Balaban J connectivity index is 2.48. The molecule has 1 unspecified atom stereocenters. The van der Waals surface area contributed by atoms with Gasteiger partial charge < -0.3 is 4.74 Å². The third-order valence-corrected chi connectivity index (χ3v) is 4.73. The van der Waals surface area contributed by atoms with Gasteiger partial charge in [-0.2, -0.15) is 0 Å². The van der Waals surface area contributed by atoms with Crippen LogP contribution in [-0.2, 0) is 10.3 Å². The first-order chi connectivity index (χ1) is 8.01. The van der Waals surface area contributed by atoms with Gasteiger partial charge in [-0.1, -0.05) is 24.7 Å². The number of thiazole rings is 1. The molecule has 17 heavy (non-hydrogen) atoms. The van der Waals surface area contributed by atoms with E-state index in [1.807, 2.05) is 0 Å². The highest BCUT2D eigenvalue weighted by atomic mass is 32.1. The van der Waals surface area contributed by atoms with E-state index >= 15 is 0 Å². The summed E-state index contributed by atoms with van der Waals surface area (Å²) >= 11 is 1.73. The SMILES string of the molecule is CCCC(C)(OC)c1cn2c(C)c(C)nc2s1. The van der Waals surface area contributed by atoms with Gasteiger partial charge in [0.1, 0.15) is 5.60 Å². The van der Waals surface area contributed by atoms with Crippen molar-refractivity contribution in [3.8, 4) is 0 Å². The Morgan fingerprint density at radius 3 is 2.71 bits per heavy atom. The zero-order valence-corrected chi connectivity index (χ0v) is 12.0. The summed E-state index contributed by atoms with van der Waals surface area (Å²) in [4.78, 5) is 6.89. The van der Waals surface area contributed by atoms with E-state index in [9.17, 15) is 0 Å². The molecule has 2 aromatic rings. The van der Waals surface area contributed by atoms with E-state index in [4.69, 9.17) is 4.74 Å². The van der Waals surface area contributed by atoms with E-state index < -0.39 is 0 Å². The summed E-state index contributed by atoms with van der Waals surface area (Å²) in [5, 5.41) is 0. The number of methoxy groups -OCH3 is 1. The fraction of sp³-hybridized carbons (Fsp3) is 0.615. The fourth-order valence-electron chi connectivity index (χ4n) is 2.11. The van der Waals surface area contributed by atoms with Crippen LogP contribution in [0, 0.1) is 13.8 Å². The van der Waals surface area contributed by atoms with Crippen molar-refractivity contribution in [3.05, 3.63) is 22.5 Å². The highest BCUT2D eigenvalue weighted by molar-refractivity contribution is 7.17. The summed E-state index contributed by atoms with van der Waals surface area (Å²) in [6.07, 6.45) is 4.32. The molecule has 94 valence electrons. The predicted octanol–water partition coefficient (Wildman–Crippen LogP) is 3.67. The fourth-order valence-corrected chi connectivity index (χ4v) is 3.34. The van der Waals surface area contributed by atoms with Crippen molar-refractivity contribution in [2.75, 3.05) is 7.11 Å². The highest BCUT2D eigenvalue weighted by Crippen LogP contribution is 2.35. The molecule has 3 nitrogen and oxygen atoms in total. The lowest BCUT2D eigenvalue weighted by Crippen LogP contribution is -2.22. The average Bonchev–Trinajstić information content (AvgIpc) is 2.81. The number of rotatable bonds is 4. The van der Waals surface area contributed by atoms with Crippen molar-refractivity contribution in [2.45, 2.75) is 46.1 Å². The Hall–Kier alpha value is -0.870. The monoisotopic (exact) mass is 252 g/mol. The summed E-state index contributed by atoms with van der Waals surface area (Å²) in [5.41, 5.74) is 2.15. The van der Waals surface area contributed by atoms with Crippen molar-refractivity contribution in [1.82, 2.24) is 9.38 Å². The average molecular weight is 252 g/mol. The molecule has 0 saturated heterocycles. The molecule has 0 aliphatic heterocycles. The third-order valence-electron chi connectivity index (χ3n) is 3.50. The number of imidazole rings is 1. The van der Waals surface area contributed by atoms with Crippen LogP contribution in [0.5, 0.6) is 0 Å². The van der Waals surface area contributed by atoms with Gasteiger partial charge in [0, 0.05) is 19.0 Å². The number of nitrogens with zero attached hydrogens (tertiary/aromatic N) is 2. The van der Waals surface area contributed by atoms with E-state index in [1.165, 1.54) is 10.6 Å². The Kier molecular flexibility index (Phi) is 3.27. The molecule has 0 N–H and O–H groups in total. The molecule has 4 heteroatoms. The number of fused-ring (bicyclic) bond motifs is 1. The van der Waals surface area contributed by atoms with Crippen molar-refractivity contribution in [2.24, 2.45) is 0 Å². The van der Waals surface area contributed by atoms with Gasteiger partial charge in [0.25, 0.3) is 0 Å². The molecule has 2 heterocycles. The zero-order chi connectivity index (χ0) is 12.6. The van der Waals surface area contributed by atoms with Crippen molar-refractivity contribution >= 4 is 16.3 Å². The van der Waals surface area contributed by atoms with Crippen LogP contribution in [0.2, 0.25) is 0 Å². The molecule has 0 saturated carbocycles. The summed E-state index contributed by atoms with van der Waals surface area (Å²) in [6, 6.07) is 0. The van der Waals surface area contributed by atoms with E-state index in [0.717, 1.165) is 23.5 Å². The van der Waals surface area contributed by atoms with E-state index in [1.54, 1.807) is 18.4 Å². The van der Waals surface area contributed by atoms with Gasteiger partial charge in [-0.05, 0) is 27.2 Å². The molecule has 0 aliphatic rings. The molecular weight excluding hydrogens is 232 g/mol. The molecule has 0 radical (unpaired) electrons. The van der Waals surface area contributed by atoms with Gasteiger partial charge in [-0.25, -0.2) is 4.98 Å². The van der Waals surface area contributed by atoms with Crippen LogP contribution >= 0.6 is 11.3 Å². The standard InChI is InChI=1S/C13H20N2OS/c1-6-7-13(4,16-5)11-8-15-10(3)9(2)14-12(15)17-11/h8H,6-7H2,1-5H3. The Bertz CT molecular complexity index is 529. The minimum Gasteiger partial charge on any atom is -0.373 e. The predicted molar refractivity (Wildman–Crippen MR) is 71.8 cm³/mol. The van der Waals surface area contributed by atoms with Crippen molar-refractivity contribution in [1.29, 1.82) is 0 Å². The molecule has 0 spiro atoms. The lowest BCUT2D eigenvalue weighted by Gasteiger charge is -2.25. The van der Waals surface area contributed by atoms with Crippen LogP contribution in [-0.4, -0.2) is 16.5 Å². The lowest BCUT2D eigenvalue weighted by molar-refractivity contribution is -0.00321. The molecular formula is C13H20N2OS. The molecule has 0 bridgehead atoms. The summed E-state index contributed by atoms with van der Waals surface area (Å²) in [6.45, 7) is 8.50. The topological polar surface area (TPSA) is 26.5 Å². The number of aromatic nitrogens is 2. The van der Waals surface area contributed by atoms with E-state index in [2.05, 4.69) is 43.3 Å². The van der Waals surface area contributed by atoms with E-state index in [0.29, 0.717) is 0 Å². The first kappa shape index (κ1) is 12.6. The minimum atomic E-state index is -0.180. The Morgan fingerprint density at radius 2 is 2.18 bits per heavy atom. The summed E-state index contributed by atoms with van der Waals surface area (Å²) in [5.74, 6) is 0. The quantitative estimate of drug-likeness (QED) is 0.830. The van der Waals surface area contributed by atoms with Gasteiger partial charge in [0.05, 0.1) is 10.6 Å². The summed E-state index contributed by atoms with van der Waals surface area (Å²) in [7, 11) is 1.79. The van der Waals surface area contributed by atoms with Gasteiger partial charge in [-0.15, -0.1) is 0 Å². The van der Waals surface area contributed by atoms with Crippen LogP contribution in [0.15, 0.2) is 6.20 Å². The lowest BCUT2D eigenvalue weighted by atomic mass is 9.99. The molecule has 0 amide bonds. The maximum atomic E-state index is 5.70. The third kappa shape index (κ3) is 2.00. The van der Waals surface area contributed by atoms with E-state index in [-0.39, 0.29) is 5.60 Å². The number of ether oxygens (including phenoxy) is 1. The largest absolute Gasteiger partial charge is 0.373 e. The molecule has 0 fully saturated rings. The van der Waals surface area contributed by atoms with Crippen molar-refractivity contribution in [3.63, 3.8) is 0 Å². The Labute approximate surface area is 106 Å². The van der Waals surface area contributed by atoms with Gasteiger partial charge in [-0.3, -0.25) is 4.40 Å². The van der Waals surface area contributed by atoms with Gasteiger partial charge >= 0.3 is 0 Å². The number of hydrogen-bond donors (Lipinski definition) is 0. The van der Waals surface area contributed by atoms with Gasteiger partial charge in [0.15, 0.2) is 4.96 Å². The first-order valence-electron chi connectivity index (χ1n) is 6.02. The highest BCUT2D eigenvalue weighted by Gasteiger charge is 2.28. The second kappa shape index (κ2) is 4.42. The zero-order valence-electron chi connectivity index (χ0n) is 11.2. The normalized spacial score (nSPS) is 15.4. The second-order valence-corrected chi connectivity index (χ2v) is 5.72. The molecule has 1 atom stereocenters. The molecule has 2 rings (SSSR count). The van der Waals surface area contributed by atoms with Crippen LogP contribution in [0.1, 0.15) is 43.0 Å². The second-order valence-electron chi connectivity index (χ2n) is 4.72. The minimum absolute atomic E-state index is 0.180. The molecule has 2 aromatic heterocycles. The smallest absolute Gasteiger partial charge is 0.194 e. The van der Waals surface area contributed by atoms with Crippen molar-refractivity contribution < 1.29 is 4.74 Å². The summed E-state index contributed by atoms with van der Waals surface area (Å²) < 4.78 is 7.87. The molecule has 0 aliphatic carbocycles. The first-order valence-corrected chi connectivity index (χ1v) is 6.84. The maximum Gasteiger partial charge on any atom is 0.194 e. The Morgan fingerprint density at radius 1 is 1.47 bits per heavy atom. The number of aryl methyl sites for hydroxylation is 2. The van der Waals surface area contributed by atoms with Crippen LogP contribution in [0.3, 0.4) is 0 Å². The van der Waals surface area contributed by atoms with Crippen LogP contribution in [0.4, 0.5) is 0 Å². The number of hydrogen-bond acceptors (Lipinski definition) is 3. The maximum absolute atomic E-state index is 5.70. The molecule has 0 aromatic carbocycles.